The Bertz CT molecular complexity index is 884. The van der Waals surface area contributed by atoms with Crippen LogP contribution in [0.1, 0.15) is 16.0 Å². The van der Waals surface area contributed by atoms with Crippen molar-refractivity contribution in [2.45, 2.75) is 4.83 Å². The minimum absolute atomic E-state index is 0.00264. The Morgan fingerprint density at radius 3 is 2.14 bits per heavy atom. The van der Waals surface area contributed by atoms with Gasteiger partial charge in [0.2, 0.25) is 0 Å². The van der Waals surface area contributed by atoms with E-state index >= 15 is 0 Å². The van der Waals surface area contributed by atoms with Crippen LogP contribution in [-0.4, -0.2) is 9.97 Å². The summed E-state index contributed by atoms with van der Waals surface area (Å²) >= 11 is 14.3. The number of H-pyrrole nitrogens is 2. The third-order valence-corrected chi connectivity index (χ3v) is 6.00. The van der Waals surface area contributed by atoms with Gasteiger partial charge in [0.15, 0.2) is 0 Å². The highest BCUT2D eigenvalue weighted by Gasteiger charge is 2.18. The first-order chi connectivity index (χ1) is 9.95. The highest BCUT2D eigenvalue weighted by Crippen LogP contribution is 2.40. The van der Waals surface area contributed by atoms with Gasteiger partial charge < -0.3 is 9.97 Å². The Kier molecular flexibility index (Phi) is 4.45. The summed E-state index contributed by atoms with van der Waals surface area (Å²) < 4.78 is 2.96. The van der Waals surface area contributed by atoms with Gasteiger partial charge in [-0.1, -0.05) is 69.8 Å². The number of hydrogen-bond donors (Lipinski definition) is 2. The normalized spacial score (nSPS) is 12.8. The van der Waals surface area contributed by atoms with E-state index in [9.17, 15) is 4.79 Å². The number of alkyl halides is 1. The lowest BCUT2D eigenvalue weighted by molar-refractivity contribution is 1.15. The quantitative estimate of drug-likeness (QED) is 0.408. The number of aromatic nitrogens is 2. The maximum absolute atomic E-state index is 11.4. The van der Waals surface area contributed by atoms with Crippen molar-refractivity contribution in [3.8, 4) is 0 Å². The summed E-state index contributed by atoms with van der Waals surface area (Å²) in [7, 11) is 0. The lowest BCUT2D eigenvalue weighted by Gasteiger charge is -2.15. The SMILES string of the molecule is O=c1[nH]c2cc(Br)c(C(Br)c3ccc(Br)cc3Br)cc2[nH]1. The second-order valence-electron chi connectivity index (χ2n) is 4.53. The lowest BCUT2D eigenvalue weighted by atomic mass is 10.0. The van der Waals surface area contributed by atoms with Gasteiger partial charge in [-0.25, -0.2) is 4.79 Å². The number of imidazole rings is 1. The van der Waals surface area contributed by atoms with Gasteiger partial charge in [0.25, 0.3) is 0 Å². The van der Waals surface area contributed by atoms with Crippen molar-refractivity contribution in [3.05, 3.63) is 65.4 Å². The maximum atomic E-state index is 11.4. The van der Waals surface area contributed by atoms with Crippen molar-refractivity contribution in [2.24, 2.45) is 0 Å². The molecule has 0 amide bonds. The molecule has 0 spiro atoms. The van der Waals surface area contributed by atoms with Gasteiger partial charge >= 0.3 is 5.69 Å². The summed E-state index contributed by atoms with van der Waals surface area (Å²) in [6.07, 6.45) is 0. The van der Waals surface area contributed by atoms with E-state index in [1.165, 1.54) is 0 Å². The van der Waals surface area contributed by atoms with E-state index in [-0.39, 0.29) is 10.5 Å². The molecule has 1 unspecified atom stereocenters. The van der Waals surface area contributed by atoms with Crippen molar-refractivity contribution in [1.82, 2.24) is 9.97 Å². The van der Waals surface area contributed by atoms with E-state index in [4.69, 9.17) is 0 Å². The van der Waals surface area contributed by atoms with E-state index in [1.807, 2.05) is 30.3 Å². The summed E-state index contributed by atoms with van der Waals surface area (Å²) in [5.41, 5.74) is 3.52. The van der Waals surface area contributed by atoms with E-state index in [1.54, 1.807) is 0 Å². The van der Waals surface area contributed by atoms with Crippen LogP contribution < -0.4 is 5.69 Å². The maximum Gasteiger partial charge on any atom is 0.323 e. The third-order valence-electron chi connectivity index (χ3n) is 3.14. The number of rotatable bonds is 2. The van der Waals surface area contributed by atoms with Gasteiger partial charge in [0.1, 0.15) is 0 Å². The number of nitrogens with one attached hydrogen (secondary N) is 2. The molecule has 0 saturated carbocycles. The van der Waals surface area contributed by atoms with Gasteiger partial charge in [0, 0.05) is 13.4 Å². The van der Waals surface area contributed by atoms with Crippen LogP contribution >= 0.6 is 63.7 Å². The minimum atomic E-state index is -0.204. The second-order valence-corrected chi connectivity index (χ2v) is 8.07. The topological polar surface area (TPSA) is 48.6 Å². The summed E-state index contributed by atoms with van der Waals surface area (Å²) in [4.78, 5) is 16.9. The van der Waals surface area contributed by atoms with E-state index in [2.05, 4.69) is 73.7 Å². The molecule has 0 fully saturated rings. The fourth-order valence-electron chi connectivity index (χ4n) is 2.14. The van der Waals surface area contributed by atoms with Gasteiger partial charge in [-0.2, -0.15) is 0 Å². The summed E-state index contributed by atoms with van der Waals surface area (Å²) in [6, 6.07) is 9.92. The van der Waals surface area contributed by atoms with Crippen LogP contribution in [0.25, 0.3) is 11.0 Å². The van der Waals surface area contributed by atoms with Crippen LogP contribution in [-0.2, 0) is 0 Å². The first kappa shape index (κ1) is 15.5. The van der Waals surface area contributed by atoms with Crippen molar-refractivity contribution in [1.29, 1.82) is 0 Å². The second kappa shape index (κ2) is 6.02. The molecule has 0 bridgehead atoms. The molecule has 3 nitrogen and oxygen atoms in total. The number of halogens is 4. The van der Waals surface area contributed by atoms with Gasteiger partial charge in [-0.15, -0.1) is 0 Å². The number of aromatic amines is 2. The van der Waals surface area contributed by atoms with E-state index in [0.29, 0.717) is 0 Å². The minimum Gasteiger partial charge on any atom is -0.306 e. The molecule has 0 aliphatic heterocycles. The number of hydrogen-bond acceptors (Lipinski definition) is 1. The molecule has 1 aromatic heterocycles. The number of fused-ring (bicyclic) bond motifs is 1. The lowest BCUT2D eigenvalue weighted by Crippen LogP contribution is -1.99. The van der Waals surface area contributed by atoms with E-state index in [0.717, 1.165) is 35.6 Å². The summed E-state index contributed by atoms with van der Waals surface area (Å²) in [5, 5.41) is 0. The zero-order chi connectivity index (χ0) is 15.1. The molecular formula is C14H8Br4N2O. The molecular weight excluding hydrogens is 532 g/mol. The molecule has 2 N–H and O–H groups in total. The van der Waals surface area contributed by atoms with Gasteiger partial charge in [-0.3, -0.25) is 0 Å². The Hall–Kier alpha value is -0.370. The van der Waals surface area contributed by atoms with Crippen LogP contribution in [0.2, 0.25) is 0 Å². The molecule has 3 rings (SSSR count). The van der Waals surface area contributed by atoms with Crippen molar-refractivity contribution < 1.29 is 0 Å². The molecule has 0 aliphatic carbocycles. The van der Waals surface area contributed by atoms with Crippen LogP contribution in [0.3, 0.4) is 0 Å². The van der Waals surface area contributed by atoms with Gasteiger partial charge in [0.05, 0.1) is 15.9 Å². The zero-order valence-corrected chi connectivity index (χ0v) is 16.7. The fourth-order valence-corrected chi connectivity index (χ4v) is 5.38. The molecule has 1 atom stereocenters. The van der Waals surface area contributed by atoms with Crippen molar-refractivity contribution in [2.75, 3.05) is 0 Å². The van der Waals surface area contributed by atoms with Crippen LogP contribution in [0, 0.1) is 0 Å². The molecule has 108 valence electrons. The standard InChI is InChI=1S/C14H8Br4N2O/c15-6-1-2-7(9(16)3-6)13(18)8-4-11-12(5-10(8)17)20-14(21)19-11/h1-5,13H,(H2,19,20,21). The third kappa shape index (κ3) is 3.06. The van der Waals surface area contributed by atoms with E-state index < -0.39 is 0 Å². The predicted octanol–water partition coefficient (Wildman–Crippen LogP) is 5.63. The van der Waals surface area contributed by atoms with Crippen molar-refractivity contribution in [3.63, 3.8) is 0 Å². The van der Waals surface area contributed by atoms with Crippen LogP contribution in [0.5, 0.6) is 0 Å². The molecule has 7 heteroatoms. The van der Waals surface area contributed by atoms with Gasteiger partial charge in [-0.05, 0) is 35.4 Å². The zero-order valence-electron chi connectivity index (χ0n) is 10.4. The fraction of sp³-hybridized carbons (Fsp3) is 0.0714. The Balaban J connectivity index is 2.14. The summed E-state index contributed by atoms with van der Waals surface area (Å²) in [6.45, 7) is 0. The predicted molar refractivity (Wildman–Crippen MR) is 99.2 cm³/mol. The number of benzene rings is 2. The van der Waals surface area contributed by atoms with Crippen LogP contribution in [0.15, 0.2) is 48.5 Å². The molecule has 0 radical (unpaired) electrons. The first-order valence-corrected chi connectivity index (χ1v) is 9.25. The molecule has 1 heterocycles. The average molecular weight is 540 g/mol. The highest BCUT2D eigenvalue weighted by molar-refractivity contribution is 9.11. The smallest absolute Gasteiger partial charge is 0.306 e. The molecule has 0 saturated heterocycles. The van der Waals surface area contributed by atoms with Crippen LogP contribution in [0.4, 0.5) is 0 Å². The molecule has 2 aromatic carbocycles. The molecule has 0 aliphatic rings. The Morgan fingerprint density at radius 1 is 0.857 bits per heavy atom. The monoisotopic (exact) mass is 536 g/mol. The molecule has 3 aromatic rings. The largest absolute Gasteiger partial charge is 0.323 e. The summed E-state index contributed by atoms with van der Waals surface area (Å²) in [5.74, 6) is 0. The molecule has 21 heavy (non-hydrogen) atoms. The average Bonchev–Trinajstić information content (AvgIpc) is 2.76. The highest BCUT2D eigenvalue weighted by atomic mass is 79.9. The Morgan fingerprint density at radius 2 is 1.48 bits per heavy atom. The first-order valence-electron chi connectivity index (χ1n) is 5.96. The van der Waals surface area contributed by atoms with Crippen molar-refractivity contribution >= 4 is 74.8 Å². The Labute approximate surface area is 154 Å².